The molecule has 3 aromatic rings. The Kier molecular flexibility index (Phi) is 7.07. The topological polar surface area (TPSA) is 21.8 Å². The van der Waals surface area contributed by atoms with Gasteiger partial charge in [0.1, 0.15) is 11.9 Å². The molecule has 0 bridgehead atoms. The van der Waals surface area contributed by atoms with Crippen LogP contribution in [0.2, 0.25) is 0 Å². The predicted molar refractivity (Wildman–Crippen MR) is 132 cm³/mol. The van der Waals surface area contributed by atoms with Crippen molar-refractivity contribution >= 4 is 0 Å². The fourth-order valence-electron chi connectivity index (χ4n) is 4.87. The molecule has 0 aromatic heterocycles. The van der Waals surface area contributed by atoms with Crippen molar-refractivity contribution < 1.29 is 22.6 Å². The fraction of sp³-hybridized carbons (Fsp3) is 0.333. The molecule has 2 fully saturated rings. The van der Waals surface area contributed by atoms with Crippen LogP contribution in [0.5, 0.6) is 0 Å². The molecule has 0 N–H and O–H groups in total. The van der Waals surface area contributed by atoms with E-state index in [4.69, 9.17) is 9.47 Å². The van der Waals surface area contributed by atoms with Crippen molar-refractivity contribution in [2.75, 3.05) is 13.2 Å². The molecule has 182 valence electrons. The number of hydrogen-bond acceptors (Lipinski definition) is 2. The quantitative estimate of drug-likeness (QED) is 0.253. The van der Waals surface area contributed by atoms with Crippen LogP contribution in [0.3, 0.4) is 0 Å². The average molecular weight is 479 g/mol. The molecule has 2 aliphatic heterocycles. The number of allylic oxidation sites excluding steroid dienone is 2. The highest BCUT2D eigenvalue weighted by atomic mass is 19.2. The van der Waals surface area contributed by atoms with E-state index < -0.39 is 11.6 Å². The first kappa shape index (κ1) is 23.8. The summed E-state index contributed by atoms with van der Waals surface area (Å²) in [7, 11) is 0. The van der Waals surface area contributed by atoms with Crippen LogP contribution in [0.1, 0.15) is 55.8 Å². The van der Waals surface area contributed by atoms with Gasteiger partial charge in [-0.1, -0.05) is 60.7 Å². The molecule has 35 heavy (non-hydrogen) atoms. The lowest BCUT2D eigenvalue weighted by Crippen LogP contribution is -2.25. The summed E-state index contributed by atoms with van der Waals surface area (Å²) < 4.78 is 55.2. The Balaban J connectivity index is 1.27. The first-order valence-electron chi connectivity index (χ1n) is 12.3. The maximum absolute atomic E-state index is 15.0. The zero-order valence-corrected chi connectivity index (χ0v) is 19.8. The van der Waals surface area contributed by atoms with E-state index in [1.54, 1.807) is 42.5 Å². The van der Waals surface area contributed by atoms with Crippen LogP contribution in [0.25, 0.3) is 22.3 Å². The number of rotatable bonds is 7. The minimum Gasteiger partial charge on any atom is -0.378 e. The van der Waals surface area contributed by atoms with E-state index >= 15 is 4.39 Å². The molecule has 2 nitrogen and oxygen atoms in total. The molecule has 2 aliphatic rings. The summed E-state index contributed by atoms with van der Waals surface area (Å²) >= 11 is 0. The van der Waals surface area contributed by atoms with Crippen LogP contribution >= 0.6 is 0 Å². The van der Waals surface area contributed by atoms with Crippen molar-refractivity contribution in [3.8, 4) is 22.3 Å². The van der Waals surface area contributed by atoms with Crippen molar-refractivity contribution in [2.45, 2.75) is 50.7 Å². The van der Waals surface area contributed by atoms with Gasteiger partial charge in [0.2, 0.25) is 0 Å². The minimum atomic E-state index is -0.875. The molecule has 0 radical (unpaired) electrons. The molecule has 3 aromatic carbocycles. The SMILES string of the molecule is C/C=C/CCC1CCC(c2ccc(-c3ccc(-c4ccc(C5CO5)c(F)c4F)cc3)cc2F)CO1. The van der Waals surface area contributed by atoms with E-state index in [0.29, 0.717) is 24.3 Å². The van der Waals surface area contributed by atoms with Crippen LogP contribution in [-0.2, 0) is 9.47 Å². The van der Waals surface area contributed by atoms with Crippen molar-refractivity contribution in [3.05, 3.63) is 95.3 Å². The lowest BCUT2D eigenvalue weighted by atomic mass is 9.88. The third kappa shape index (κ3) is 5.21. The first-order chi connectivity index (χ1) is 17.0. The molecule has 0 saturated carbocycles. The van der Waals surface area contributed by atoms with Gasteiger partial charge in [0, 0.05) is 17.0 Å². The summed E-state index contributed by atoms with van der Waals surface area (Å²) in [6.45, 7) is 2.98. The van der Waals surface area contributed by atoms with Gasteiger partial charge in [-0.25, -0.2) is 13.2 Å². The van der Waals surface area contributed by atoms with Gasteiger partial charge in [0.05, 0.1) is 19.3 Å². The first-order valence-corrected chi connectivity index (χ1v) is 12.3. The van der Waals surface area contributed by atoms with Crippen molar-refractivity contribution in [1.29, 1.82) is 0 Å². The molecule has 0 aliphatic carbocycles. The van der Waals surface area contributed by atoms with Gasteiger partial charge in [-0.15, -0.1) is 0 Å². The Bertz CT molecular complexity index is 1210. The van der Waals surface area contributed by atoms with Crippen molar-refractivity contribution in [2.24, 2.45) is 0 Å². The smallest absolute Gasteiger partial charge is 0.167 e. The third-order valence-electron chi connectivity index (χ3n) is 7.02. The zero-order chi connectivity index (χ0) is 24.4. The molecule has 3 unspecified atom stereocenters. The predicted octanol–water partition coefficient (Wildman–Crippen LogP) is 8.13. The summed E-state index contributed by atoms with van der Waals surface area (Å²) in [5.74, 6) is -1.91. The maximum Gasteiger partial charge on any atom is 0.167 e. The summed E-state index contributed by atoms with van der Waals surface area (Å²) in [5.41, 5.74) is 3.26. The second-order valence-corrected chi connectivity index (χ2v) is 9.34. The normalized spacial score (nSPS) is 22.0. The summed E-state index contributed by atoms with van der Waals surface area (Å²) in [6, 6.07) is 15.5. The van der Waals surface area contributed by atoms with Gasteiger partial charge in [0.15, 0.2) is 11.6 Å². The lowest BCUT2D eigenvalue weighted by Gasteiger charge is -2.29. The highest BCUT2D eigenvalue weighted by Gasteiger charge is 2.30. The van der Waals surface area contributed by atoms with E-state index in [-0.39, 0.29) is 35.1 Å². The molecular weight excluding hydrogens is 449 g/mol. The third-order valence-corrected chi connectivity index (χ3v) is 7.02. The van der Waals surface area contributed by atoms with E-state index in [9.17, 15) is 8.78 Å². The zero-order valence-electron chi connectivity index (χ0n) is 19.8. The highest BCUT2D eigenvalue weighted by Crippen LogP contribution is 2.37. The van der Waals surface area contributed by atoms with E-state index in [2.05, 4.69) is 12.2 Å². The maximum atomic E-state index is 15.0. The molecule has 5 heteroatoms. The van der Waals surface area contributed by atoms with Gasteiger partial charge in [-0.05, 0) is 60.9 Å². The van der Waals surface area contributed by atoms with Gasteiger partial charge < -0.3 is 9.47 Å². The molecular formula is C30H29F3O2. The van der Waals surface area contributed by atoms with E-state index in [1.807, 2.05) is 19.1 Å². The highest BCUT2D eigenvalue weighted by molar-refractivity contribution is 5.71. The number of benzene rings is 3. The van der Waals surface area contributed by atoms with Gasteiger partial charge in [-0.2, -0.15) is 0 Å². The lowest BCUT2D eigenvalue weighted by molar-refractivity contribution is -0.000797. The minimum absolute atomic E-state index is 0.0614. The average Bonchev–Trinajstić information content (AvgIpc) is 3.72. The second-order valence-electron chi connectivity index (χ2n) is 9.34. The Labute approximate surface area is 204 Å². The Hall–Kier alpha value is -2.89. The number of epoxide rings is 1. The van der Waals surface area contributed by atoms with Crippen LogP contribution in [0.4, 0.5) is 13.2 Å². The molecule has 3 atom stereocenters. The van der Waals surface area contributed by atoms with Crippen molar-refractivity contribution in [1.82, 2.24) is 0 Å². The molecule has 5 rings (SSSR count). The van der Waals surface area contributed by atoms with Crippen LogP contribution in [-0.4, -0.2) is 19.3 Å². The largest absolute Gasteiger partial charge is 0.378 e. The number of ether oxygens (including phenoxy) is 2. The number of hydrogen-bond donors (Lipinski definition) is 0. The molecule has 0 amide bonds. The van der Waals surface area contributed by atoms with Crippen LogP contribution < -0.4 is 0 Å². The van der Waals surface area contributed by atoms with Crippen molar-refractivity contribution in [3.63, 3.8) is 0 Å². The Morgan fingerprint density at radius 3 is 2.17 bits per heavy atom. The van der Waals surface area contributed by atoms with Gasteiger partial charge in [0.25, 0.3) is 0 Å². The standard InChI is InChI=1S/C30H29F3O2/c1-2-3-4-5-23-12-10-22(17-34-23)24-13-11-21(16-27(24)31)19-6-8-20(9-7-19)25-14-15-26(28-18-35-28)30(33)29(25)32/h2-3,6-9,11,13-16,22-23,28H,4-5,10,12,17-18H2,1H3/b3-2+. The Morgan fingerprint density at radius 1 is 0.800 bits per heavy atom. The van der Waals surface area contributed by atoms with Crippen LogP contribution in [0, 0.1) is 17.5 Å². The monoisotopic (exact) mass is 478 g/mol. The summed E-state index contributed by atoms with van der Waals surface area (Å²) in [6.07, 6.45) is 7.98. The van der Waals surface area contributed by atoms with Gasteiger partial charge in [-0.3, -0.25) is 0 Å². The molecule has 0 spiro atoms. The van der Waals surface area contributed by atoms with E-state index in [1.165, 1.54) is 0 Å². The Morgan fingerprint density at radius 2 is 1.51 bits per heavy atom. The van der Waals surface area contributed by atoms with E-state index in [0.717, 1.165) is 36.8 Å². The summed E-state index contributed by atoms with van der Waals surface area (Å²) in [4.78, 5) is 0. The second kappa shape index (κ2) is 10.4. The summed E-state index contributed by atoms with van der Waals surface area (Å²) in [5, 5.41) is 0. The number of halogens is 3. The molecule has 2 heterocycles. The molecule has 2 saturated heterocycles. The van der Waals surface area contributed by atoms with Gasteiger partial charge >= 0.3 is 0 Å². The fourth-order valence-corrected chi connectivity index (χ4v) is 4.87. The van der Waals surface area contributed by atoms with Crippen LogP contribution in [0.15, 0.2) is 66.7 Å².